The number of nitrogens with zero attached hydrogens (tertiary/aromatic N) is 7. The number of amides is 4. The summed E-state index contributed by atoms with van der Waals surface area (Å²) in [6, 6.07) is 29.8. The smallest absolute Gasteiger partial charge is 0.257 e. The third-order valence-electron chi connectivity index (χ3n) is 17.5. The van der Waals surface area contributed by atoms with Gasteiger partial charge in [-0.15, -0.1) is 11.3 Å². The van der Waals surface area contributed by atoms with Gasteiger partial charge in [-0.3, -0.25) is 29.2 Å². The predicted molar refractivity (Wildman–Crippen MR) is 345 cm³/mol. The van der Waals surface area contributed by atoms with Crippen LogP contribution in [0.1, 0.15) is 135 Å². The standard InChI is InChI=1S/C67H77N11O7S3/c1-41(46-24-26-48(27-25-46)61-42(2)68-40-86-61)71-64(82)57-34-49(79)38-77(57)65(83)62(67(4,5)6)74-60(80)21-12-16-44-22-28-50(29-23-44)88(84,85)70-36-56-51(53-35-69-78(43(53)3)37-45-14-8-7-9-15-45)30-31-59(72-56)76-33-32-47-17-13-18-52(54(47)39-76)63(81)75-66-73-55-19-10-11-20-58(55)87-66/h10-11,13,17-20,22-31,35,40-41,45,49,57,62,70,79H,7-9,12,14-16,21,32-34,36-39H2,1-6H3,(H,71,82)(H,74,80)(H,73,75,81)/t41-,49+,57-,62+/m0/s1. The van der Waals surface area contributed by atoms with Crippen LogP contribution in [0.4, 0.5) is 10.9 Å². The van der Waals surface area contributed by atoms with E-state index in [1.807, 2.05) is 119 Å². The first-order chi connectivity index (χ1) is 42.3. The number of nitrogens with one attached hydrogen (secondary N) is 4. The maximum Gasteiger partial charge on any atom is 0.257 e. The fourth-order valence-electron chi connectivity index (χ4n) is 12.4. The fraction of sp³-hybridized carbons (Fsp3) is 0.403. The molecule has 88 heavy (non-hydrogen) atoms. The van der Waals surface area contributed by atoms with Crippen molar-refractivity contribution in [1.82, 2.24) is 45.0 Å². The average molecular weight is 1240 g/mol. The number of para-hydroxylation sites is 1. The largest absolute Gasteiger partial charge is 0.391 e. The van der Waals surface area contributed by atoms with Gasteiger partial charge in [-0.1, -0.05) is 112 Å². The minimum Gasteiger partial charge on any atom is -0.391 e. The fourth-order valence-corrected chi connectivity index (χ4v) is 15.1. The van der Waals surface area contributed by atoms with E-state index >= 15 is 0 Å². The first-order valence-electron chi connectivity index (χ1n) is 30.5. The maximum absolute atomic E-state index is 14.4. The molecule has 4 aromatic carbocycles. The second-order valence-corrected chi connectivity index (χ2v) is 28.4. The van der Waals surface area contributed by atoms with Crippen molar-refractivity contribution in [3.05, 3.63) is 160 Å². The number of hydrogen-bond acceptors (Lipinski definition) is 14. The number of carbonyl (C=O) groups is 4. The molecule has 2 aliphatic heterocycles. The Labute approximate surface area is 522 Å². The molecule has 3 aliphatic rings. The molecule has 1 aliphatic carbocycles. The Hall–Kier alpha value is -7.69. The van der Waals surface area contributed by atoms with Crippen LogP contribution in [0.2, 0.25) is 0 Å². The number of aliphatic hydroxyl groups is 1. The molecule has 18 nitrogen and oxygen atoms in total. The number of rotatable bonds is 20. The Balaban J connectivity index is 0.730. The van der Waals surface area contributed by atoms with E-state index in [-0.39, 0.29) is 54.6 Å². The SMILES string of the molecule is Cc1ncsc1-c1ccc([C@H](C)NC(=O)[C@@H]2C[C@@H](O)CN2C(=O)[C@@H](NC(=O)CCCc2ccc(S(=O)(=O)NCc3nc(N4CCc5cccc(C(=O)Nc6nc7ccccc7s6)c5C4)ccc3-c3cnn(CC4CCCCC4)c3C)cc2)C(C)(C)C)cc1. The third-order valence-corrected chi connectivity index (χ3v) is 20.8. The normalized spacial score (nSPS) is 17.2. The second-order valence-electron chi connectivity index (χ2n) is 24.8. The Morgan fingerprint density at radius 1 is 0.864 bits per heavy atom. The maximum atomic E-state index is 14.4. The van der Waals surface area contributed by atoms with Gasteiger partial charge in [-0.2, -0.15) is 5.10 Å². The van der Waals surface area contributed by atoms with Crippen molar-refractivity contribution in [3.8, 4) is 21.6 Å². The molecular formula is C67H77N11O7S3. The highest BCUT2D eigenvalue weighted by atomic mass is 32.2. The molecule has 460 valence electrons. The van der Waals surface area contributed by atoms with E-state index in [1.54, 1.807) is 35.6 Å². The minimum absolute atomic E-state index is 0.0393. The van der Waals surface area contributed by atoms with Gasteiger partial charge in [0.25, 0.3) is 5.91 Å². The number of likely N-dealkylation sites (tertiary alicyclic amines) is 1. The summed E-state index contributed by atoms with van der Waals surface area (Å²) in [7, 11) is -4.06. The molecule has 5 N–H and O–H groups in total. The van der Waals surface area contributed by atoms with E-state index in [0.717, 1.165) is 72.0 Å². The zero-order valence-electron chi connectivity index (χ0n) is 50.7. The molecule has 11 rings (SSSR count). The molecule has 1 saturated heterocycles. The molecule has 2 fully saturated rings. The molecule has 4 atom stereocenters. The van der Waals surface area contributed by atoms with Gasteiger partial charge in [0.1, 0.15) is 17.9 Å². The van der Waals surface area contributed by atoms with Crippen molar-refractivity contribution in [2.75, 3.05) is 23.3 Å². The van der Waals surface area contributed by atoms with Crippen LogP contribution in [0, 0.1) is 25.2 Å². The number of β-amino-alcohol motifs (C(OH)–C–C–N with tert-alkyl or cyclic N) is 1. The van der Waals surface area contributed by atoms with E-state index < -0.39 is 39.5 Å². The summed E-state index contributed by atoms with van der Waals surface area (Å²) in [6.07, 6.45) is 8.73. The highest BCUT2D eigenvalue weighted by molar-refractivity contribution is 7.89. The van der Waals surface area contributed by atoms with Gasteiger partial charge in [-0.25, -0.2) is 28.1 Å². The van der Waals surface area contributed by atoms with E-state index in [9.17, 15) is 32.7 Å². The van der Waals surface area contributed by atoms with Crippen LogP contribution in [0.25, 0.3) is 31.8 Å². The highest BCUT2D eigenvalue weighted by Gasteiger charge is 2.45. The van der Waals surface area contributed by atoms with E-state index in [1.165, 1.54) is 48.3 Å². The zero-order chi connectivity index (χ0) is 61.9. The summed E-state index contributed by atoms with van der Waals surface area (Å²) in [4.78, 5) is 74.7. The van der Waals surface area contributed by atoms with Gasteiger partial charge in [0.05, 0.1) is 61.8 Å². The summed E-state index contributed by atoms with van der Waals surface area (Å²) in [5.74, 6) is -0.198. The number of sulfonamides is 1. The van der Waals surface area contributed by atoms with Crippen LogP contribution in [0.3, 0.4) is 0 Å². The molecule has 0 unspecified atom stereocenters. The van der Waals surface area contributed by atoms with Crippen LogP contribution in [-0.2, 0) is 56.9 Å². The van der Waals surface area contributed by atoms with Gasteiger partial charge in [0, 0.05) is 61.4 Å². The molecule has 0 radical (unpaired) electrons. The number of aryl methyl sites for hydroxylation is 2. The van der Waals surface area contributed by atoms with E-state index in [2.05, 4.69) is 53.2 Å². The first-order valence-corrected chi connectivity index (χ1v) is 33.7. The number of fused-ring (bicyclic) bond motifs is 2. The van der Waals surface area contributed by atoms with E-state index in [4.69, 9.17) is 10.1 Å². The lowest BCUT2D eigenvalue weighted by molar-refractivity contribution is -0.144. The van der Waals surface area contributed by atoms with Crippen LogP contribution in [0.5, 0.6) is 0 Å². The summed E-state index contributed by atoms with van der Waals surface area (Å²) >= 11 is 3.00. The lowest BCUT2D eigenvalue weighted by Gasteiger charge is -2.35. The monoisotopic (exact) mass is 1240 g/mol. The number of pyridine rings is 1. The van der Waals surface area contributed by atoms with Crippen LogP contribution >= 0.6 is 22.7 Å². The van der Waals surface area contributed by atoms with Gasteiger partial charge < -0.3 is 25.5 Å². The quantitative estimate of drug-likeness (QED) is 0.0480. The van der Waals surface area contributed by atoms with Crippen LogP contribution in [0.15, 0.2) is 120 Å². The third kappa shape index (κ3) is 14.1. The van der Waals surface area contributed by atoms with Crippen molar-refractivity contribution in [2.45, 2.75) is 155 Å². The van der Waals surface area contributed by atoms with Crippen molar-refractivity contribution in [2.24, 2.45) is 11.3 Å². The lowest BCUT2D eigenvalue weighted by Crippen LogP contribution is -2.57. The highest BCUT2D eigenvalue weighted by Crippen LogP contribution is 2.35. The van der Waals surface area contributed by atoms with Crippen LogP contribution in [-0.4, -0.2) is 98.1 Å². The number of aromatic nitrogens is 5. The minimum atomic E-state index is -4.06. The number of anilines is 2. The van der Waals surface area contributed by atoms with Crippen molar-refractivity contribution in [3.63, 3.8) is 0 Å². The summed E-state index contributed by atoms with van der Waals surface area (Å²) < 4.78 is 34.3. The van der Waals surface area contributed by atoms with E-state index in [0.29, 0.717) is 60.5 Å². The van der Waals surface area contributed by atoms with Crippen molar-refractivity contribution < 1.29 is 32.7 Å². The van der Waals surface area contributed by atoms with Crippen molar-refractivity contribution >= 4 is 77.5 Å². The number of aliphatic hydroxyl groups excluding tert-OH is 1. The molecule has 1 saturated carbocycles. The van der Waals surface area contributed by atoms with Gasteiger partial charge in [-0.05, 0) is 134 Å². The lowest BCUT2D eigenvalue weighted by atomic mass is 9.85. The summed E-state index contributed by atoms with van der Waals surface area (Å²) in [5.41, 5.74) is 11.3. The topological polar surface area (TPSA) is 234 Å². The summed E-state index contributed by atoms with van der Waals surface area (Å²) in [6.45, 7) is 13.2. The van der Waals surface area contributed by atoms with Gasteiger partial charge >= 0.3 is 0 Å². The predicted octanol–water partition coefficient (Wildman–Crippen LogP) is 10.9. The molecule has 0 bridgehead atoms. The average Bonchev–Trinajstić information content (AvgIpc) is 3.33. The number of benzene rings is 4. The number of carbonyl (C=O) groups excluding carboxylic acids is 4. The molecular weight excluding hydrogens is 1170 g/mol. The second kappa shape index (κ2) is 26.6. The first kappa shape index (κ1) is 61.9. The van der Waals surface area contributed by atoms with Crippen LogP contribution < -0.4 is 25.6 Å². The molecule has 0 spiro atoms. The Morgan fingerprint density at radius 3 is 2.38 bits per heavy atom. The molecule has 8 aromatic rings. The van der Waals surface area contributed by atoms with Gasteiger partial charge in [0.15, 0.2) is 5.13 Å². The molecule has 4 amide bonds. The molecule has 6 heterocycles. The Morgan fingerprint density at radius 2 is 1.64 bits per heavy atom. The number of hydrogen-bond donors (Lipinski definition) is 5. The number of thiazole rings is 2. The Kier molecular flexibility index (Phi) is 18.7. The Bertz CT molecular complexity index is 3930. The summed E-state index contributed by atoms with van der Waals surface area (Å²) in [5, 5.41) is 25.2. The zero-order valence-corrected chi connectivity index (χ0v) is 53.2. The molecule has 21 heteroatoms. The molecule has 4 aromatic heterocycles. The van der Waals surface area contributed by atoms with Crippen molar-refractivity contribution in [1.29, 1.82) is 0 Å². The van der Waals surface area contributed by atoms with Gasteiger partial charge in [0.2, 0.25) is 27.7 Å².